The minimum atomic E-state index is -0.283. The van der Waals surface area contributed by atoms with Crippen LogP contribution in [0.25, 0.3) is 11.3 Å². The molecule has 0 fully saturated rings. The molecular weight excluding hydrogens is 370 g/mol. The molecule has 150 valence electrons. The molecule has 3 aromatic rings. The Bertz CT molecular complexity index is 1030. The monoisotopic (exact) mass is 393 g/mol. The topological polar surface area (TPSA) is 82.4 Å². The summed E-state index contributed by atoms with van der Waals surface area (Å²) in [6.07, 6.45) is 1.49. The van der Waals surface area contributed by atoms with Crippen LogP contribution in [0.2, 0.25) is 0 Å². The van der Waals surface area contributed by atoms with Crippen LogP contribution in [-0.2, 0) is 11.3 Å². The number of ether oxygens (including phenoxy) is 2. The molecule has 1 heterocycles. The Morgan fingerprint density at radius 1 is 1.10 bits per heavy atom. The summed E-state index contributed by atoms with van der Waals surface area (Å²) in [5.74, 6) is 0.800. The van der Waals surface area contributed by atoms with Crippen molar-refractivity contribution in [2.75, 3.05) is 20.3 Å². The van der Waals surface area contributed by atoms with Crippen molar-refractivity contribution in [1.29, 1.82) is 0 Å². The van der Waals surface area contributed by atoms with Gasteiger partial charge in [0.2, 0.25) is 0 Å². The third-order valence-corrected chi connectivity index (χ3v) is 4.30. The number of nitrogens with zero attached hydrogens (tertiary/aromatic N) is 2. The lowest BCUT2D eigenvalue weighted by Crippen LogP contribution is -2.33. The number of amides is 1. The molecule has 0 bridgehead atoms. The van der Waals surface area contributed by atoms with Crippen LogP contribution in [-0.4, -0.2) is 35.7 Å². The van der Waals surface area contributed by atoms with Gasteiger partial charge in [-0.15, -0.1) is 0 Å². The number of rotatable bonds is 8. The molecule has 0 radical (unpaired) electrons. The van der Waals surface area contributed by atoms with Crippen molar-refractivity contribution in [2.24, 2.45) is 0 Å². The lowest BCUT2D eigenvalue weighted by molar-refractivity contribution is -0.123. The van der Waals surface area contributed by atoms with Crippen LogP contribution in [0.4, 0.5) is 0 Å². The molecule has 1 N–H and O–H groups in total. The number of carbonyl (C=O) groups excluding carboxylic acids is 1. The van der Waals surface area contributed by atoms with E-state index in [0.29, 0.717) is 30.3 Å². The Kier molecular flexibility index (Phi) is 6.63. The van der Waals surface area contributed by atoms with E-state index in [4.69, 9.17) is 9.47 Å². The number of aromatic nitrogens is 2. The molecular formula is C22H23N3O4. The lowest BCUT2D eigenvalue weighted by Gasteiger charge is -2.12. The zero-order chi connectivity index (χ0) is 20.6. The molecule has 0 saturated carbocycles. The molecule has 0 saturated heterocycles. The number of hydrogen-bond acceptors (Lipinski definition) is 5. The van der Waals surface area contributed by atoms with Gasteiger partial charge in [0.15, 0.2) is 18.1 Å². The first-order chi connectivity index (χ1) is 14.1. The second-order valence-electron chi connectivity index (χ2n) is 6.46. The van der Waals surface area contributed by atoms with E-state index < -0.39 is 0 Å². The molecule has 0 unspecified atom stereocenters. The maximum absolute atomic E-state index is 12.3. The van der Waals surface area contributed by atoms with Crippen LogP contribution in [0.5, 0.6) is 11.5 Å². The summed E-state index contributed by atoms with van der Waals surface area (Å²) in [6, 6.07) is 16.5. The van der Waals surface area contributed by atoms with Gasteiger partial charge in [-0.3, -0.25) is 14.2 Å². The molecule has 3 rings (SSSR count). The van der Waals surface area contributed by atoms with Gasteiger partial charge in [-0.2, -0.15) is 0 Å². The van der Waals surface area contributed by atoms with Gasteiger partial charge in [0.25, 0.3) is 11.5 Å². The highest BCUT2D eigenvalue weighted by atomic mass is 16.5. The SMILES string of the molecule is COc1cc(C)ccc1OCC(=O)NCCn1cnc(-c2ccccc2)cc1=O. The Balaban J connectivity index is 1.50. The molecule has 7 nitrogen and oxygen atoms in total. The van der Waals surface area contributed by atoms with Gasteiger partial charge in [-0.25, -0.2) is 4.98 Å². The largest absolute Gasteiger partial charge is 0.493 e. The van der Waals surface area contributed by atoms with Crippen molar-refractivity contribution in [2.45, 2.75) is 13.5 Å². The van der Waals surface area contributed by atoms with Crippen LogP contribution in [0.1, 0.15) is 5.56 Å². The zero-order valence-corrected chi connectivity index (χ0v) is 16.4. The van der Waals surface area contributed by atoms with Crippen molar-refractivity contribution in [3.63, 3.8) is 0 Å². The van der Waals surface area contributed by atoms with Crippen molar-refractivity contribution in [1.82, 2.24) is 14.9 Å². The molecule has 0 aliphatic rings. The normalized spacial score (nSPS) is 10.4. The molecule has 2 aromatic carbocycles. The summed E-state index contributed by atoms with van der Waals surface area (Å²) >= 11 is 0. The summed E-state index contributed by atoms with van der Waals surface area (Å²) in [6.45, 7) is 2.42. The fourth-order valence-electron chi connectivity index (χ4n) is 2.76. The highest BCUT2D eigenvalue weighted by Gasteiger charge is 2.08. The van der Waals surface area contributed by atoms with Crippen molar-refractivity contribution in [3.8, 4) is 22.8 Å². The summed E-state index contributed by atoms with van der Waals surface area (Å²) in [5.41, 5.74) is 2.37. The number of carbonyl (C=O) groups is 1. The number of benzene rings is 2. The van der Waals surface area contributed by atoms with E-state index in [0.717, 1.165) is 11.1 Å². The molecule has 0 spiro atoms. The smallest absolute Gasteiger partial charge is 0.258 e. The van der Waals surface area contributed by atoms with E-state index >= 15 is 0 Å². The van der Waals surface area contributed by atoms with Crippen molar-refractivity contribution < 1.29 is 14.3 Å². The highest BCUT2D eigenvalue weighted by molar-refractivity contribution is 5.77. The first-order valence-corrected chi connectivity index (χ1v) is 9.23. The van der Waals surface area contributed by atoms with Crippen LogP contribution in [0.3, 0.4) is 0 Å². The third kappa shape index (κ3) is 5.44. The average molecular weight is 393 g/mol. The van der Waals surface area contributed by atoms with E-state index in [9.17, 15) is 9.59 Å². The minimum absolute atomic E-state index is 0.139. The Hall–Kier alpha value is -3.61. The average Bonchev–Trinajstić information content (AvgIpc) is 2.74. The van der Waals surface area contributed by atoms with Gasteiger partial charge in [0.05, 0.1) is 19.1 Å². The van der Waals surface area contributed by atoms with Crippen LogP contribution in [0, 0.1) is 6.92 Å². The van der Waals surface area contributed by atoms with Gasteiger partial charge in [0, 0.05) is 24.7 Å². The predicted octanol–water partition coefficient (Wildman–Crippen LogP) is 2.42. The van der Waals surface area contributed by atoms with E-state index in [2.05, 4.69) is 10.3 Å². The molecule has 1 aromatic heterocycles. The van der Waals surface area contributed by atoms with Crippen molar-refractivity contribution in [3.05, 3.63) is 76.8 Å². The molecule has 1 amide bonds. The van der Waals surface area contributed by atoms with Crippen LogP contribution < -0.4 is 20.3 Å². The standard InChI is InChI=1S/C22H23N3O4/c1-16-8-9-19(20(12-16)28-2)29-14-21(26)23-10-11-25-15-24-18(13-22(25)27)17-6-4-3-5-7-17/h3-9,12-13,15H,10-11,14H2,1-2H3,(H,23,26). The number of methoxy groups -OCH3 is 1. The molecule has 0 aliphatic carbocycles. The summed E-state index contributed by atoms with van der Waals surface area (Å²) in [4.78, 5) is 28.6. The van der Waals surface area contributed by atoms with E-state index in [-0.39, 0.29) is 18.1 Å². The maximum Gasteiger partial charge on any atom is 0.258 e. The van der Waals surface area contributed by atoms with Gasteiger partial charge < -0.3 is 14.8 Å². The summed E-state index contributed by atoms with van der Waals surface area (Å²) < 4.78 is 12.2. The van der Waals surface area contributed by atoms with Gasteiger partial charge in [-0.05, 0) is 24.6 Å². The van der Waals surface area contributed by atoms with Gasteiger partial charge in [-0.1, -0.05) is 36.4 Å². The van der Waals surface area contributed by atoms with E-state index in [1.807, 2.05) is 49.4 Å². The van der Waals surface area contributed by atoms with Crippen LogP contribution in [0.15, 0.2) is 65.7 Å². The zero-order valence-electron chi connectivity index (χ0n) is 16.4. The first kappa shape index (κ1) is 20.1. The Morgan fingerprint density at radius 2 is 1.90 bits per heavy atom. The molecule has 7 heteroatoms. The molecule has 0 atom stereocenters. The first-order valence-electron chi connectivity index (χ1n) is 9.23. The van der Waals surface area contributed by atoms with E-state index in [1.165, 1.54) is 17.0 Å². The lowest BCUT2D eigenvalue weighted by atomic mass is 10.1. The Labute approximate surface area is 168 Å². The fraction of sp³-hybridized carbons (Fsp3) is 0.227. The third-order valence-electron chi connectivity index (χ3n) is 4.30. The number of hydrogen-bond donors (Lipinski definition) is 1. The quantitative estimate of drug-likeness (QED) is 0.636. The van der Waals surface area contributed by atoms with Crippen molar-refractivity contribution >= 4 is 5.91 Å². The second-order valence-corrected chi connectivity index (χ2v) is 6.46. The Morgan fingerprint density at radius 3 is 2.62 bits per heavy atom. The fourth-order valence-corrected chi connectivity index (χ4v) is 2.76. The van der Waals surface area contributed by atoms with Gasteiger partial charge in [0.1, 0.15) is 0 Å². The highest BCUT2D eigenvalue weighted by Crippen LogP contribution is 2.27. The number of nitrogens with one attached hydrogen (secondary N) is 1. The van der Waals surface area contributed by atoms with Crippen LogP contribution >= 0.6 is 0 Å². The molecule has 0 aliphatic heterocycles. The van der Waals surface area contributed by atoms with Gasteiger partial charge >= 0.3 is 0 Å². The summed E-state index contributed by atoms with van der Waals surface area (Å²) in [5, 5.41) is 2.73. The maximum atomic E-state index is 12.3. The second kappa shape index (κ2) is 9.54. The molecule has 29 heavy (non-hydrogen) atoms. The minimum Gasteiger partial charge on any atom is -0.493 e. The summed E-state index contributed by atoms with van der Waals surface area (Å²) in [7, 11) is 1.55. The van der Waals surface area contributed by atoms with E-state index in [1.54, 1.807) is 13.2 Å². The predicted molar refractivity (Wildman–Crippen MR) is 110 cm³/mol. The number of aryl methyl sites for hydroxylation is 1.